The Kier molecular flexibility index (Phi) is 4.80. The Labute approximate surface area is 158 Å². The zero-order valence-electron chi connectivity index (χ0n) is 15.1. The van der Waals surface area contributed by atoms with Crippen molar-refractivity contribution in [1.29, 1.82) is 0 Å². The third-order valence-corrected chi connectivity index (χ3v) is 6.92. The number of hydrogen-bond acceptors (Lipinski definition) is 5. The van der Waals surface area contributed by atoms with E-state index >= 15 is 0 Å². The second-order valence-electron chi connectivity index (χ2n) is 6.63. The van der Waals surface area contributed by atoms with Crippen molar-refractivity contribution in [2.24, 2.45) is 0 Å². The fourth-order valence-electron chi connectivity index (χ4n) is 3.44. The van der Waals surface area contributed by atoms with Crippen molar-refractivity contribution in [3.8, 4) is 11.5 Å². The van der Waals surface area contributed by atoms with Gasteiger partial charge in [-0.25, -0.2) is 8.42 Å². The van der Waals surface area contributed by atoms with Crippen molar-refractivity contribution >= 4 is 10.0 Å². The molecular formula is C20H21N3O3S. The highest BCUT2D eigenvalue weighted by molar-refractivity contribution is 7.89. The SMILES string of the molecule is CCc1ccccc1S(=O)(=O)N1CCC(c2noc(-c3ccccc3)n2)C1. The summed E-state index contributed by atoms with van der Waals surface area (Å²) in [5, 5.41) is 4.09. The zero-order chi connectivity index (χ0) is 18.9. The Morgan fingerprint density at radius 2 is 1.85 bits per heavy atom. The van der Waals surface area contributed by atoms with Crippen molar-refractivity contribution in [3.63, 3.8) is 0 Å². The van der Waals surface area contributed by atoms with E-state index in [2.05, 4.69) is 10.1 Å². The number of benzene rings is 2. The summed E-state index contributed by atoms with van der Waals surface area (Å²) in [5.74, 6) is 0.966. The molecule has 2 heterocycles. The van der Waals surface area contributed by atoms with Crippen molar-refractivity contribution < 1.29 is 12.9 Å². The molecule has 0 aliphatic carbocycles. The van der Waals surface area contributed by atoms with E-state index in [1.165, 1.54) is 4.31 Å². The van der Waals surface area contributed by atoms with E-state index in [4.69, 9.17) is 4.52 Å². The molecule has 4 rings (SSSR count). The first-order chi connectivity index (χ1) is 13.1. The monoisotopic (exact) mass is 383 g/mol. The van der Waals surface area contributed by atoms with Crippen LogP contribution in [0.3, 0.4) is 0 Å². The highest BCUT2D eigenvalue weighted by Gasteiger charge is 2.36. The lowest BCUT2D eigenvalue weighted by Gasteiger charge is -2.18. The first-order valence-electron chi connectivity index (χ1n) is 9.06. The number of sulfonamides is 1. The minimum absolute atomic E-state index is 0.0604. The molecule has 7 heteroatoms. The molecule has 0 N–H and O–H groups in total. The van der Waals surface area contributed by atoms with E-state index < -0.39 is 10.0 Å². The topological polar surface area (TPSA) is 76.3 Å². The van der Waals surface area contributed by atoms with E-state index in [0.29, 0.717) is 42.5 Å². The molecule has 0 spiro atoms. The Bertz CT molecular complexity index is 1030. The molecule has 27 heavy (non-hydrogen) atoms. The minimum atomic E-state index is -3.52. The number of aryl methyl sites for hydroxylation is 1. The number of hydrogen-bond donors (Lipinski definition) is 0. The second-order valence-corrected chi connectivity index (χ2v) is 8.54. The van der Waals surface area contributed by atoms with Crippen LogP contribution in [-0.4, -0.2) is 36.0 Å². The predicted molar refractivity (Wildman–Crippen MR) is 102 cm³/mol. The van der Waals surface area contributed by atoms with Crippen LogP contribution in [0.1, 0.15) is 30.7 Å². The molecule has 0 amide bonds. The van der Waals surface area contributed by atoms with Crippen molar-refractivity contribution in [3.05, 3.63) is 66.0 Å². The average Bonchev–Trinajstić information content (AvgIpc) is 3.38. The molecule has 1 aliphatic rings. The van der Waals surface area contributed by atoms with Gasteiger partial charge in [-0.05, 0) is 36.6 Å². The smallest absolute Gasteiger partial charge is 0.257 e. The molecule has 0 bridgehead atoms. The quantitative estimate of drug-likeness (QED) is 0.674. The second kappa shape index (κ2) is 7.25. The normalized spacial score (nSPS) is 18.0. The van der Waals surface area contributed by atoms with E-state index in [1.54, 1.807) is 12.1 Å². The molecule has 1 unspecified atom stereocenters. The maximum atomic E-state index is 13.1. The van der Waals surface area contributed by atoms with Crippen LogP contribution in [-0.2, 0) is 16.4 Å². The standard InChI is InChI=1S/C20H21N3O3S/c1-2-15-8-6-7-11-18(15)27(24,25)23-13-12-17(14-23)19-21-20(26-22-19)16-9-4-3-5-10-16/h3-11,17H,2,12-14H2,1H3. The van der Waals surface area contributed by atoms with Gasteiger partial charge in [-0.1, -0.05) is 48.5 Å². The van der Waals surface area contributed by atoms with Gasteiger partial charge in [0.1, 0.15) is 0 Å². The van der Waals surface area contributed by atoms with Gasteiger partial charge in [0.2, 0.25) is 10.0 Å². The van der Waals surface area contributed by atoms with Crippen LogP contribution in [0.15, 0.2) is 64.0 Å². The van der Waals surface area contributed by atoms with E-state index in [9.17, 15) is 8.42 Å². The van der Waals surface area contributed by atoms with Gasteiger partial charge in [0.15, 0.2) is 5.82 Å². The maximum Gasteiger partial charge on any atom is 0.257 e. The van der Waals surface area contributed by atoms with Gasteiger partial charge in [-0.15, -0.1) is 0 Å². The molecule has 1 aromatic heterocycles. The van der Waals surface area contributed by atoms with Gasteiger partial charge >= 0.3 is 0 Å². The van der Waals surface area contributed by atoms with Crippen LogP contribution in [0.25, 0.3) is 11.5 Å². The molecule has 140 valence electrons. The molecular weight excluding hydrogens is 362 g/mol. The molecule has 1 aliphatic heterocycles. The van der Waals surface area contributed by atoms with Crippen LogP contribution < -0.4 is 0 Å². The van der Waals surface area contributed by atoms with Gasteiger partial charge in [-0.2, -0.15) is 9.29 Å². The summed E-state index contributed by atoms with van der Waals surface area (Å²) in [4.78, 5) is 4.88. The van der Waals surface area contributed by atoms with Crippen molar-refractivity contribution in [2.45, 2.75) is 30.6 Å². The summed E-state index contributed by atoms with van der Waals surface area (Å²) in [6.07, 6.45) is 1.36. The van der Waals surface area contributed by atoms with E-state index in [1.807, 2.05) is 49.4 Å². The van der Waals surface area contributed by atoms with Crippen LogP contribution >= 0.6 is 0 Å². The Hall–Kier alpha value is -2.51. The largest absolute Gasteiger partial charge is 0.334 e. The summed E-state index contributed by atoms with van der Waals surface area (Å²) < 4.78 is 33.1. The zero-order valence-corrected chi connectivity index (χ0v) is 15.9. The Morgan fingerprint density at radius 3 is 2.63 bits per heavy atom. The number of aromatic nitrogens is 2. The van der Waals surface area contributed by atoms with Gasteiger partial charge in [0, 0.05) is 24.6 Å². The molecule has 0 saturated carbocycles. The fraction of sp³-hybridized carbons (Fsp3) is 0.300. The lowest BCUT2D eigenvalue weighted by atomic mass is 10.1. The van der Waals surface area contributed by atoms with Crippen LogP contribution in [0.4, 0.5) is 0 Å². The van der Waals surface area contributed by atoms with Gasteiger partial charge < -0.3 is 4.52 Å². The van der Waals surface area contributed by atoms with Crippen LogP contribution in [0, 0.1) is 0 Å². The lowest BCUT2D eigenvalue weighted by molar-refractivity contribution is 0.414. The maximum absolute atomic E-state index is 13.1. The Morgan fingerprint density at radius 1 is 1.11 bits per heavy atom. The summed E-state index contributed by atoms with van der Waals surface area (Å²) in [5.41, 5.74) is 1.70. The van der Waals surface area contributed by atoms with Crippen molar-refractivity contribution in [2.75, 3.05) is 13.1 Å². The number of rotatable bonds is 5. The predicted octanol–water partition coefficient (Wildman–Crippen LogP) is 3.48. The molecule has 2 aromatic carbocycles. The van der Waals surface area contributed by atoms with E-state index in [-0.39, 0.29) is 5.92 Å². The molecule has 3 aromatic rings. The summed E-state index contributed by atoms with van der Waals surface area (Å²) >= 11 is 0. The van der Waals surface area contributed by atoms with Gasteiger partial charge in [-0.3, -0.25) is 0 Å². The lowest BCUT2D eigenvalue weighted by Crippen LogP contribution is -2.29. The van der Waals surface area contributed by atoms with Crippen molar-refractivity contribution in [1.82, 2.24) is 14.4 Å². The van der Waals surface area contributed by atoms with Gasteiger partial charge in [0.05, 0.1) is 4.90 Å². The fourth-order valence-corrected chi connectivity index (χ4v) is 5.24. The average molecular weight is 383 g/mol. The molecule has 1 saturated heterocycles. The summed E-state index contributed by atoms with van der Waals surface area (Å²) in [6, 6.07) is 16.8. The molecule has 1 atom stereocenters. The molecule has 6 nitrogen and oxygen atoms in total. The third kappa shape index (κ3) is 3.40. The highest BCUT2D eigenvalue weighted by atomic mass is 32.2. The molecule has 0 radical (unpaired) electrons. The van der Waals surface area contributed by atoms with E-state index in [0.717, 1.165) is 11.1 Å². The van der Waals surface area contributed by atoms with Crippen LogP contribution in [0.2, 0.25) is 0 Å². The first kappa shape index (κ1) is 17.9. The third-order valence-electron chi connectivity index (χ3n) is 4.95. The van der Waals surface area contributed by atoms with Gasteiger partial charge in [0.25, 0.3) is 5.89 Å². The highest BCUT2D eigenvalue weighted by Crippen LogP contribution is 2.31. The number of nitrogens with zero attached hydrogens (tertiary/aromatic N) is 3. The minimum Gasteiger partial charge on any atom is -0.334 e. The Balaban J connectivity index is 1.55. The first-order valence-corrected chi connectivity index (χ1v) is 10.5. The summed E-state index contributed by atoms with van der Waals surface area (Å²) in [6.45, 7) is 2.79. The van der Waals surface area contributed by atoms with Crippen LogP contribution in [0.5, 0.6) is 0 Å². The molecule has 1 fully saturated rings. The summed E-state index contributed by atoms with van der Waals surface area (Å²) in [7, 11) is -3.52.